The van der Waals surface area contributed by atoms with Crippen molar-refractivity contribution in [1.82, 2.24) is 9.88 Å². The predicted molar refractivity (Wildman–Crippen MR) is 102 cm³/mol. The molecule has 1 aromatic heterocycles. The van der Waals surface area contributed by atoms with Gasteiger partial charge in [-0.25, -0.2) is 4.98 Å². The summed E-state index contributed by atoms with van der Waals surface area (Å²) >= 11 is 5.43. The first-order chi connectivity index (χ1) is 12.9. The third-order valence-corrected chi connectivity index (χ3v) is 4.67. The minimum Gasteiger partial charge on any atom is -0.497 e. The standard InChI is InChI=1S/C18H19F3N4OS/c1-26-15-5-6-22-16(12-15)23-17(27)25-9-7-24(8-10-25)14-4-2-3-13(11-14)18(19,20)21/h2-6,11-12H,7-10H2,1H3,(H,22,23,27). The quantitative estimate of drug-likeness (QED) is 0.799. The Balaban J connectivity index is 1.59. The van der Waals surface area contributed by atoms with Crippen LogP contribution in [0.25, 0.3) is 0 Å². The van der Waals surface area contributed by atoms with Crippen LogP contribution in [-0.2, 0) is 6.18 Å². The fourth-order valence-corrected chi connectivity index (χ4v) is 3.13. The number of nitrogens with one attached hydrogen (secondary N) is 1. The van der Waals surface area contributed by atoms with E-state index in [4.69, 9.17) is 17.0 Å². The molecule has 5 nitrogen and oxygen atoms in total. The van der Waals surface area contributed by atoms with Crippen LogP contribution in [-0.4, -0.2) is 48.3 Å². The number of alkyl halides is 3. The Kier molecular flexibility index (Phi) is 5.69. The lowest BCUT2D eigenvalue weighted by molar-refractivity contribution is -0.137. The molecule has 1 aliphatic heterocycles. The summed E-state index contributed by atoms with van der Waals surface area (Å²) in [4.78, 5) is 8.10. The summed E-state index contributed by atoms with van der Waals surface area (Å²) in [5.41, 5.74) is -0.0680. The van der Waals surface area contributed by atoms with Crippen molar-refractivity contribution in [3.05, 3.63) is 48.2 Å². The molecule has 0 unspecified atom stereocenters. The zero-order chi connectivity index (χ0) is 19.4. The van der Waals surface area contributed by atoms with Gasteiger partial charge in [0, 0.05) is 44.1 Å². The van der Waals surface area contributed by atoms with Crippen molar-refractivity contribution in [3.63, 3.8) is 0 Å². The summed E-state index contributed by atoms with van der Waals surface area (Å²) in [5, 5.41) is 3.60. The van der Waals surface area contributed by atoms with Crippen molar-refractivity contribution < 1.29 is 17.9 Å². The van der Waals surface area contributed by atoms with Crippen molar-refractivity contribution in [2.24, 2.45) is 0 Å². The van der Waals surface area contributed by atoms with Crippen LogP contribution in [0.2, 0.25) is 0 Å². The van der Waals surface area contributed by atoms with Gasteiger partial charge in [-0.3, -0.25) is 0 Å². The summed E-state index contributed by atoms with van der Waals surface area (Å²) in [6.45, 7) is 2.36. The molecule has 1 saturated heterocycles. The van der Waals surface area contributed by atoms with E-state index in [9.17, 15) is 13.2 Å². The van der Waals surface area contributed by atoms with E-state index in [1.54, 1.807) is 31.5 Å². The first-order valence-electron chi connectivity index (χ1n) is 8.35. The third kappa shape index (κ3) is 4.79. The van der Waals surface area contributed by atoms with E-state index >= 15 is 0 Å². The molecule has 1 aliphatic rings. The SMILES string of the molecule is COc1ccnc(NC(=S)N2CCN(c3cccc(C(F)(F)F)c3)CC2)c1. The topological polar surface area (TPSA) is 40.6 Å². The van der Waals surface area contributed by atoms with E-state index in [1.165, 1.54) is 12.1 Å². The van der Waals surface area contributed by atoms with Crippen LogP contribution in [0.5, 0.6) is 5.75 Å². The summed E-state index contributed by atoms with van der Waals surface area (Å²) in [6, 6.07) is 8.88. The number of hydrogen-bond donors (Lipinski definition) is 1. The second-order valence-electron chi connectivity index (χ2n) is 6.03. The number of pyridine rings is 1. The molecule has 3 rings (SSSR count). The minimum atomic E-state index is -4.34. The van der Waals surface area contributed by atoms with Gasteiger partial charge in [-0.1, -0.05) is 6.07 Å². The van der Waals surface area contributed by atoms with Crippen molar-refractivity contribution in [1.29, 1.82) is 0 Å². The molecule has 1 aromatic carbocycles. The van der Waals surface area contributed by atoms with Crippen LogP contribution in [0.15, 0.2) is 42.6 Å². The Morgan fingerprint density at radius 2 is 1.89 bits per heavy atom. The number of rotatable bonds is 3. The molecule has 2 heterocycles. The smallest absolute Gasteiger partial charge is 0.416 e. The lowest BCUT2D eigenvalue weighted by Crippen LogP contribution is -2.50. The normalized spacial score (nSPS) is 14.8. The van der Waals surface area contributed by atoms with Gasteiger partial charge in [0.2, 0.25) is 0 Å². The molecule has 144 valence electrons. The number of aromatic nitrogens is 1. The summed E-state index contributed by atoms with van der Waals surface area (Å²) < 4.78 is 43.8. The number of hydrogen-bond acceptors (Lipinski definition) is 4. The Hall–Kier alpha value is -2.55. The van der Waals surface area contributed by atoms with Crippen LogP contribution in [0, 0.1) is 0 Å². The van der Waals surface area contributed by atoms with Gasteiger partial charge in [0.1, 0.15) is 11.6 Å². The largest absolute Gasteiger partial charge is 0.497 e. The molecule has 0 atom stereocenters. The van der Waals surface area contributed by atoms with Crippen molar-refractivity contribution in [3.8, 4) is 5.75 Å². The monoisotopic (exact) mass is 396 g/mol. The minimum absolute atomic E-state index is 0.527. The van der Waals surface area contributed by atoms with Gasteiger partial charge in [0.05, 0.1) is 12.7 Å². The highest BCUT2D eigenvalue weighted by Crippen LogP contribution is 2.31. The predicted octanol–water partition coefficient (Wildman–Crippen LogP) is 3.63. The second-order valence-corrected chi connectivity index (χ2v) is 6.42. The number of methoxy groups -OCH3 is 1. The Morgan fingerprint density at radius 3 is 2.56 bits per heavy atom. The van der Waals surface area contributed by atoms with Crippen molar-refractivity contribution in [2.75, 3.05) is 43.5 Å². The number of anilines is 2. The maximum absolute atomic E-state index is 12.9. The van der Waals surface area contributed by atoms with E-state index in [0.29, 0.717) is 48.5 Å². The highest BCUT2D eigenvalue weighted by molar-refractivity contribution is 7.80. The molecule has 1 fully saturated rings. The maximum atomic E-state index is 12.9. The van der Waals surface area contributed by atoms with Gasteiger partial charge in [0.15, 0.2) is 5.11 Å². The molecule has 0 spiro atoms. The second kappa shape index (κ2) is 7.99. The summed E-state index contributed by atoms with van der Waals surface area (Å²) in [5.74, 6) is 1.25. The van der Waals surface area contributed by atoms with E-state index in [1.807, 2.05) is 9.80 Å². The molecule has 0 radical (unpaired) electrons. The van der Waals surface area contributed by atoms with Gasteiger partial charge in [0.25, 0.3) is 0 Å². The molecule has 0 bridgehead atoms. The van der Waals surface area contributed by atoms with Crippen molar-refractivity contribution in [2.45, 2.75) is 6.18 Å². The number of nitrogens with zero attached hydrogens (tertiary/aromatic N) is 3. The lowest BCUT2D eigenvalue weighted by Gasteiger charge is -2.37. The Bertz CT molecular complexity index is 807. The molecular weight excluding hydrogens is 377 g/mol. The number of ether oxygens (including phenoxy) is 1. The van der Waals surface area contributed by atoms with Gasteiger partial charge < -0.3 is 19.9 Å². The highest BCUT2D eigenvalue weighted by Gasteiger charge is 2.31. The van der Waals surface area contributed by atoms with E-state index in [2.05, 4.69) is 10.3 Å². The van der Waals surface area contributed by atoms with Gasteiger partial charge in [-0.2, -0.15) is 13.2 Å². The Morgan fingerprint density at radius 1 is 1.15 bits per heavy atom. The van der Waals surface area contributed by atoms with E-state index in [-0.39, 0.29) is 0 Å². The molecule has 0 aliphatic carbocycles. The third-order valence-electron chi connectivity index (χ3n) is 4.31. The molecule has 1 N–H and O–H groups in total. The average molecular weight is 396 g/mol. The first-order valence-corrected chi connectivity index (χ1v) is 8.76. The zero-order valence-corrected chi connectivity index (χ0v) is 15.5. The number of thiocarbonyl (C=S) groups is 1. The van der Waals surface area contributed by atoms with Crippen LogP contribution < -0.4 is 15.0 Å². The van der Waals surface area contributed by atoms with Gasteiger partial charge >= 0.3 is 6.18 Å². The molecule has 2 aromatic rings. The van der Waals surface area contributed by atoms with Crippen molar-refractivity contribution >= 4 is 28.8 Å². The van der Waals surface area contributed by atoms with Crippen LogP contribution in [0.4, 0.5) is 24.7 Å². The maximum Gasteiger partial charge on any atom is 0.416 e. The molecular formula is C18H19F3N4OS. The molecule has 0 amide bonds. The average Bonchev–Trinajstić information content (AvgIpc) is 2.67. The molecule has 27 heavy (non-hydrogen) atoms. The lowest BCUT2D eigenvalue weighted by atomic mass is 10.1. The van der Waals surface area contributed by atoms with Crippen LogP contribution in [0.3, 0.4) is 0 Å². The zero-order valence-electron chi connectivity index (χ0n) is 14.7. The van der Waals surface area contributed by atoms with Crippen LogP contribution in [0.1, 0.15) is 5.56 Å². The Labute approximate surface area is 160 Å². The highest BCUT2D eigenvalue weighted by atomic mass is 32.1. The first kappa shape index (κ1) is 19.2. The van der Waals surface area contributed by atoms with Gasteiger partial charge in [-0.05, 0) is 36.5 Å². The summed E-state index contributed by atoms with van der Waals surface area (Å²) in [6.07, 6.45) is -2.72. The van der Waals surface area contributed by atoms with E-state index in [0.717, 1.165) is 6.07 Å². The molecule has 0 saturated carbocycles. The van der Waals surface area contributed by atoms with Crippen LogP contribution >= 0.6 is 12.2 Å². The molecule has 9 heteroatoms. The van der Waals surface area contributed by atoms with Gasteiger partial charge in [-0.15, -0.1) is 0 Å². The van der Waals surface area contributed by atoms with E-state index < -0.39 is 11.7 Å². The number of benzene rings is 1. The fraction of sp³-hybridized carbons (Fsp3) is 0.333. The number of piperazine rings is 1. The number of halogens is 3. The fourth-order valence-electron chi connectivity index (χ4n) is 2.84. The summed E-state index contributed by atoms with van der Waals surface area (Å²) in [7, 11) is 1.57.